The zero-order valence-corrected chi connectivity index (χ0v) is 14.7. The third kappa shape index (κ3) is 4.54. The van der Waals surface area contributed by atoms with Crippen LogP contribution in [0.5, 0.6) is 5.75 Å². The monoisotopic (exact) mass is 369 g/mol. The van der Waals surface area contributed by atoms with Crippen molar-refractivity contribution in [3.63, 3.8) is 0 Å². The minimum Gasteiger partial charge on any atom is -0.490 e. The highest BCUT2D eigenvalue weighted by Gasteiger charge is 2.15. The molecule has 1 heterocycles. The van der Waals surface area contributed by atoms with Gasteiger partial charge in [-0.2, -0.15) is 0 Å². The lowest BCUT2D eigenvalue weighted by atomic mass is 10.1. The highest BCUT2D eigenvalue weighted by atomic mass is 79.9. The van der Waals surface area contributed by atoms with Gasteiger partial charge in [-0.1, -0.05) is 19.1 Å². The van der Waals surface area contributed by atoms with E-state index in [0.717, 1.165) is 16.8 Å². The van der Waals surface area contributed by atoms with E-state index in [-0.39, 0.29) is 6.04 Å². The number of hydrogen-bond acceptors (Lipinski definition) is 4. The molecule has 2 aromatic rings. The predicted molar refractivity (Wildman–Crippen MR) is 91.4 cm³/mol. The molecule has 0 bridgehead atoms. The second-order valence-electron chi connectivity index (χ2n) is 4.54. The summed E-state index contributed by atoms with van der Waals surface area (Å²) in [5.41, 5.74) is 1.23. The van der Waals surface area contributed by atoms with E-state index >= 15 is 0 Å². The first-order valence-corrected chi connectivity index (χ1v) is 8.61. The molecule has 0 aliphatic rings. The number of benzene rings is 1. The van der Waals surface area contributed by atoms with E-state index in [0.29, 0.717) is 13.2 Å². The summed E-state index contributed by atoms with van der Waals surface area (Å²) in [6.45, 7) is 4.18. The van der Waals surface area contributed by atoms with Crippen molar-refractivity contribution in [3.8, 4) is 5.75 Å². The van der Waals surface area contributed by atoms with E-state index < -0.39 is 0 Å². The summed E-state index contributed by atoms with van der Waals surface area (Å²) in [4.78, 5) is 1.32. The Morgan fingerprint density at radius 3 is 2.76 bits per heavy atom. The maximum Gasteiger partial charge on any atom is 0.133 e. The summed E-state index contributed by atoms with van der Waals surface area (Å²) >= 11 is 5.36. The van der Waals surface area contributed by atoms with Crippen LogP contribution in [0.2, 0.25) is 0 Å². The Morgan fingerprint density at radius 1 is 1.29 bits per heavy atom. The molecule has 3 nitrogen and oxygen atoms in total. The van der Waals surface area contributed by atoms with Crippen LogP contribution in [0.1, 0.15) is 23.4 Å². The zero-order chi connectivity index (χ0) is 15.1. The summed E-state index contributed by atoms with van der Waals surface area (Å²) < 4.78 is 11.6. The van der Waals surface area contributed by atoms with Crippen LogP contribution in [0.15, 0.2) is 40.2 Å². The molecule has 21 heavy (non-hydrogen) atoms. The van der Waals surface area contributed by atoms with Crippen molar-refractivity contribution in [2.24, 2.45) is 0 Å². The Labute approximate surface area is 138 Å². The van der Waals surface area contributed by atoms with E-state index in [4.69, 9.17) is 9.47 Å². The number of hydrogen-bond donors (Lipinski definition) is 1. The van der Waals surface area contributed by atoms with Gasteiger partial charge in [0.15, 0.2) is 0 Å². The van der Waals surface area contributed by atoms with Gasteiger partial charge in [-0.25, -0.2) is 0 Å². The number of ether oxygens (including phenoxy) is 2. The molecule has 0 spiro atoms. The largest absolute Gasteiger partial charge is 0.490 e. The Bertz CT molecular complexity index is 545. The predicted octanol–water partition coefficient (Wildman–Crippen LogP) is 4.23. The van der Waals surface area contributed by atoms with Gasteiger partial charge in [0.1, 0.15) is 12.4 Å². The van der Waals surface area contributed by atoms with Gasteiger partial charge in [-0.05, 0) is 51.6 Å². The number of thiophene rings is 1. The zero-order valence-electron chi connectivity index (χ0n) is 12.3. The molecule has 0 radical (unpaired) electrons. The maximum absolute atomic E-state index is 5.67. The molecular weight excluding hydrogens is 350 g/mol. The summed E-state index contributed by atoms with van der Waals surface area (Å²) in [5.74, 6) is 0.845. The minimum atomic E-state index is 0.222. The molecule has 1 N–H and O–H groups in total. The van der Waals surface area contributed by atoms with Crippen LogP contribution in [0.4, 0.5) is 0 Å². The van der Waals surface area contributed by atoms with E-state index in [2.05, 4.69) is 57.8 Å². The molecule has 0 aliphatic carbocycles. The van der Waals surface area contributed by atoms with Crippen LogP contribution in [0.3, 0.4) is 0 Å². The topological polar surface area (TPSA) is 30.5 Å². The van der Waals surface area contributed by atoms with Crippen molar-refractivity contribution in [2.75, 3.05) is 26.9 Å². The van der Waals surface area contributed by atoms with Crippen LogP contribution in [0.25, 0.3) is 0 Å². The molecule has 0 amide bonds. The maximum atomic E-state index is 5.67. The average molecular weight is 370 g/mol. The molecule has 5 heteroatoms. The van der Waals surface area contributed by atoms with Gasteiger partial charge in [0.25, 0.3) is 0 Å². The first kappa shape index (κ1) is 16.5. The third-order valence-electron chi connectivity index (χ3n) is 3.07. The van der Waals surface area contributed by atoms with Gasteiger partial charge in [-0.15, -0.1) is 11.3 Å². The number of halogens is 1. The summed E-state index contributed by atoms with van der Waals surface area (Å²) in [6, 6.07) is 10.7. The van der Waals surface area contributed by atoms with Gasteiger partial charge in [-0.3, -0.25) is 0 Å². The average Bonchev–Trinajstić information content (AvgIpc) is 3.00. The van der Waals surface area contributed by atoms with Crippen molar-refractivity contribution >= 4 is 27.3 Å². The molecule has 1 unspecified atom stereocenters. The molecule has 1 aromatic carbocycles. The van der Waals surface area contributed by atoms with Crippen LogP contribution in [-0.4, -0.2) is 26.9 Å². The van der Waals surface area contributed by atoms with Gasteiger partial charge in [0.05, 0.1) is 17.1 Å². The van der Waals surface area contributed by atoms with Gasteiger partial charge < -0.3 is 14.8 Å². The quantitative estimate of drug-likeness (QED) is 0.706. The SMILES string of the molecule is CCNC(c1ccc(OCCOC)c(Br)c1)c1cccs1. The van der Waals surface area contributed by atoms with E-state index in [9.17, 15) is 0 Å². The molecule has 1 atom stereocenters. The molecule has 0 saturated heterocycles. The van der Waals surface area contributed by atoms with Gasteiger partial charge in [0, 0.05) is 12.0 Å². The van der Waals surface area contributed by atoms with Crippen molar-refractivity contribution in [1.29, 1.82) is 0 Å². The Balaban J connectivity index is 2.16. The number of rotatable bonds is 8. The standard InChI is InChI=1S/C16H20BrNO2S/c1-3-18-16(15-5-4-10-21-15)12-6-7-14(13(17)11-12)20-9-8-19-2/h4-7,10-11,16,18H,3,8-9H2,1-2H3. The third-order valence-corrected chi connectivity index (χ3v) is 4.63. The van der Waals surface area contributed by atoms with Crippen LogP contribution < -0.4 is 10.1 Å². The van der Waals surface area contributed by atoms with E-state index in [1.165, 1.54) is 10.4 Å². The lowest BCUT2D eigenvalue weighted by Crippen LogP contribution is -2.21. The van der Waals surface area contributed by atoms with Crippen molar-refractivity contribution < 1.29 is 9.47 Å². The van der Waals surface area contributed by atoms with Gasteiger partial charge in [0.2, 0.25) is 0 Å². The number of methoxy groups -OCH3 is 1. The number of nitrogens with one attached hydrogen (secondary N) is 1. The van der Waals surface area contributed by atoms with Crippen molar-refractivity contribution in [3.05, 3.63) is 50.6 Å². The second kappa shape index (κ2) is 8.54. The fourth-order valence-electron chi connectivity index (χ4n) is 2.09. The highest BCUT2D eigenvalue weighted by molar-refractivity contribution is 9.10. The molecular formula is C16H20BrNO2S. The minimum absolute atomic E-state index is 0.222. The molecule has 0 aliphatic heterocycles. The van der Waals surface area contributed by atoms with Gasteiger partial charge >= 0.3 is 0 Å². The smallest absolute Gasteiger partial charge is 0.133 e. The first-order chi connectivity index (χ1) is 10.3. The van der Waals surface area contributed by atoms with Crippen molar-refractivity contribution in [2.45, 2.75) is 13.0 Å². The molecule has 0 saturated carbocycles. The Kier molecular flexibility index (Phi) is 6.70. The van der Waals surface area contributed by atoms with Crippen molar-refractivity contribution in [1.82, 2.24) is 5.32 Å². The van der Waals surface area contributed by atoms with E-state index in [1.807, 2.05) is 6.07 Å². The normalized spacial score (nSPS) is 12.3. The lowest BCUT2D eigenvalue weighted by molar-refractivity contribution is 0.146. The molecule has 2 rings (SSSR count). The van der Waals surface area contributed by atoms with Crippen LogP contribution >= 0.6 is 27.3 Å². The first-order valence-electron chi connectivity index (χ1n) is 6.94. The van der Waals surface area contributed by atoms with Crippen LogP contribution in [0, 0.1) is 0 Å². The molecule has 1 aromatic heterocycles. The Morgan fingerprint density at radius 2 is 2.14 bits per heavy atom. The lowest BCUT2D eigenvalue weighted by Gasteiger charge is -2.18. The fourth-order valence-corrected chi connectivity index (χ4v) is 3.43. The van der Waals surface area contributed by atoms with Crippen LogP contribution in [-0.2, 0) is 4.74 Å². The fraction of sp³-hybridized carbons (Fsp3) is 0.375. The van der Waals surface area contributed by atoms with E-state index in [1.54, 1.807) is 18.4 Å². The highest BCUT2D eigenvalue weighted by Crippen LogP contribution is 2.32. The summed E-state index contributed by atoms with van der Waals surface area (Å²) in [7, 11) is 1.67. The summed E-state index contributed by atoms with van der Waals surface area (Å²) in [6.07, 6.45) is 0. The Hall–Kier alpha value is -0.880. The molecule has 114 valence electrons. The molecule has 0 fully saturated rings. The second-order valence-corrected chi connectivity index (χ2v) is 6.37. The summed E-state index contributed by atoms with van der Waals surface area (Å²) in [5, 5.41) is 5.64.